The van der Waals surface area contributed by atoms with Crippen LogP contribution < -0.4 is 0 Å². The highest BCUT2D eigenvalue weighted by Crippen LogP contribution is 2.26. The molecule has 3 N–H and O–H groups in total. The number of fused-ring (bicyclic) bond motifs is 1. The summed E-state index contributed by atoms with van der Waals surface area (Å²) < 4.78 is 0. The first kappa shape index (κ1) is 14.0. The van der Waals surface area contributed by atoms with Crippen molar-refractivity contribution in [1.29, 1.82) is 0 Å². The molecule has 2 aliphatic rings. The van der Waals surface area contributed by atoms with Crippen LogP contribution in [0.15, 0.2) is 24.3 Å². The lowest BCUT2D eigenvalue weighted by Crippen LogP contribution is -2.56. The van der Waals surface area contributed by atoms with E-state index in [1.165, 1.54) is 11.1 Å². The zero-order valence-corrected chi connectivity index (χ0v) is 11.7. The average Bonchev–Trinajstić information content (AvgIpc) is 2.44. The second kappa shape index (κ2) is 5.82. The van der Waals surface area contributed by atoms with E-state index in [1.807, 2.05) is 0 Å². The number of rotatable bonds is 2. The Hall–Kier alpha value is -0.940. The molecule has 0 aromatic heterocycles. The van der Waals surface area contributed by atoms with Gasteiger partial charge in [0.05, 0.1) is 12.2 Å². The van der Waals surface area contributed by atoms with Crippen LogP contribution in [-0.2, 0) is 12.8 Å². The number of benzene rings is 1. The second-order valence-corrected chi connectivity index (χ2v) is 6.22. The molecule has 1 aromatic carbocycles. The molecule has 0 bridgehead atoms. The predicted molar refractivity (Wildman–Crippen MR) is 76.4 cm³/mol. The highest BCUT2D eigenvalue weighted by Gasteiger charge is 2.34. The third-order valence-electron chi connectivity index (χ3n) is 4.64. The van der Waals surface area contributed by atoms with Crippen molar-refractivity contribution in [3.05, 3.63) is 35.4 Å². The molecule has 110 valence electrons. The average molecular weight is 277 g/mol. The number of aryl methyl sites for hydroxylation is 1. The van der Waals surface area contributed by atoms with Gasteiger partial charge in [-0.15, -0.1) is 0 Å². The summed E-state index contributed by atoms with van der Waals surface area (Å²) in [5.74, 6) is 0.569. The normalized spacial score (nSPS) is 34.8. The molecular weight excluding hydrogens is 254 g/mol. The van der Waals surface area contributed by atoms with Crippen molar-refractivity contribution in [2.45, 2.75) is 37.6 Å². The van der Waals surface area contributed by atoms with E-state index in [9.17, 15) is 15.3 Å². The molecule has 0 saturated carbocycles. The lowest BCUT2D eigenvalue weighted by Gasteiger charge is -2.39. The Balaban J connectivity index is 1.60. The number of hydrogen-bond donors (Lipinski definition) is 3. The summed E-state index contributed by atoms with van der Waals surface area (Å²) in [6.07, 6.45) is 0.661. The minimum Gasteiger partial charge on any atom is -0.389 e. The number of hydrogen-bond acceptors (Lipinski definition) is 4. The standard InChI is InChI=1S/C16H23NO3/c18-14-9-17(10-15(19)16(14)20)8-11-5-6-12-3-1-2-4-13(12)7-11/h1-4,11,14-16,18-20H,5-10H2/t11?,14-,15+,16+. The van der Waals surface area contributed by atoms with E-state index in [4.69, 9.17) is 0 Å². The van der Waals surface area contributed by atoms with Crippen molar-refractivity contribution in [3.63, 3.8) is 0 Å². The van der Waals surface area contributed by atoms with Gasteiger partial charge in [0.1, 0.15) is 6.10 Å². The van der Waals surface area contributed by atoms with Crippen molar-refractivity contribution in [2.75, 3.05) is 19.6 Å². The molecule has 0 radical (unpaired) electrons. The van der Waals surface area contributed by atoms with Crippen molar-refractivity contribution in [3.8, 4) is 0 Å². The van der Waals surface area contributed by atoms with Crippen LogP contribution in [0.25, 0.3) is 0 Å². The van der Waals surface area contributed by atoms with E-state index < -0.39 is 18.3 Å². The summed E-state index contributed by atoms with van der Waals surface area (Å²) in [4.78, 5) is 2.08. The van der Waals surface area contributed by atoms with Crippen molar-refractivity contribution in [2.24, 2.45) is 5.92 Å². The SMILES string of the molecule is O[C@H]1[C@H](O)CN(CC2CCc3ccccc3C2)C[C@@H]1O. The molecule has 4 heteroatoms. The first-order chi connectivity index (χ1) is 9.63. The molecule has 0 amide bonds. The Bertz CT molecular complexity index is 453. The maximum atomic E-state index is 9.75. The second-order valence-electron chi connectivity index (χ2n) is 6.22. The summed E-state index contributed by atoms with van der Waals surface area (Å²) in [5.41, 5.74) is 2.89. The van der Waals surface area contributed by atoms with Crippen LogP contribution in [0.1, 0.15) is 17.5 Å². The van der Waals surface area contributed by atoms with E-state index in [2.05, 4.69) is 29.2 Å². The highest BCUT2D eigenvalue weighted by molar-refractivity contribution is 5.29. The molecule has 1 heterocycles. The molecule has 4 atom stereocenters. The van der Waals surface area contributed by atoms with Crippen LogP contribution >= 0.6 is 0 Å². The van der Waals surface area contributed by atoms with Gasteiger partial charge >= 0.3 is 0 Å². The van der Waals surface area contributed by atoms with Gasteiger partial charge in [-0.05, 0) is 36.3 Å². The van der Waals surface area contributed by atoms with Gasteiger partial charge in [0.2, 0.25) is 0 Å². The molecule has 4 nitrogen and oxygen atoms in total. The van der Waals surface area contributed by atoms with Gasteiger partial charge in [-0.1, -0.05) is 24.3 Å². The fourth-order valence-electron chi connectivity index (χ4n) is 3.52. The van der Waals surface area contributed by atoms with E-state index >= 15 is 0 Å². The molecule has 1 saturated heterocycles. The quantitative estimate of drug-likeness (QED) is 0.722. The van der Waals surface area contributed by atoms with E-state index in [0.29, 0.717) is 19.0 Å². The van der Waals surface area contributed by atoms with Crippen molar-refractivity contribution >= 4 is 0 Å². The summed E-state index contributed by atoms with van der Waals surface area (Å²) in [5, 5.41) is 29.1. The van der Waals surface area contributed by atoms with E-state index in [-0.39, 0.29) is 0 Å². The molecule has 1 aliphatic carbocycles. The summed E-state index contributed by atoms with van der Waals surface area (Å²) in [6, 6.07) is 8.59. The predicted octanol–water partition coefficient (Wildman–Crippen LogP) is 0.190. The lowest BCUT2D eigenvalue weighted by molar-refractivity contribution is -0.112. The van der Waals surface area contributed by atoms with E-state index in [0.717, 1.165) is 25.8 Å². The number of likely N-dealkylation sites (tertiary alicyclic amines) is 1. The summed E-state index contributed by atoms with van der Waals surface area (Å²) in [7, 11) is 0. The van der Waals surface area contributed by atoms with Crippen molar-refractivity contribution < 1.29 is 15.3 Å². The Labute approximate surface area is 119 Å². The van der Waals surface area contributed by atoms with Gasteiger partial charge in [-0.2, -0.15) is 0 Å². The fourth-order valence-corrected chi connectivity index (χ4v) is 3.52. The number of piperidine rings is 1. The number of aliphatic hydroxyl groups is 3. The van der Waals surface area contributed by atoms with E-state index in [1.54, 1.807) is 0 Å². The first-order valence-electron chi connectivity index (χ1n) is 7.47. The zero-order chi connectivity index (χ0) is 14.1. The van der Waals surface area contributed by atoms with Gasteiger partial charge in [-0.25, -0.2) is 0 Å². The minimum atomic E-state index is -1.00. The fraction of sp³-hybridized carbons (Fsp3) is 0.625. The molecular formula is C16H23NO3. The molecule has 1 aromatic rings. The van der Waals surface area contributed by atoms with Crippen molar-refractivity contribution in [1.82, 2.24) is 4.90 Å². The Morgan fingerprint density at radius 2 is 1.65 bits per heavy atom. The van der Waals surface area contributed by atoms with Crippen LogP contribution in [0.5, 0.6) is 0 Å². The molecule has 0 spiro atoms. The summed E-state index contributed by atoms with van der Waals surface area (Å²) >= 11 is 0. The maximum Gasteiger partial charge on any atom is 0.108 e. The van der Waals surface area contributed by atoms with Crippen LogP contribution in [-0.4, -0.2) is 58.2 Å². The third kappa shape index (κ3) is 2.88. The van der Waals surface area contributed by atoms with Gasteiger partial charge in [0.15, 0.2) is 0 Å². The third-order valence-corrected chi connectivity index (χ3v) is 4.64. The zero-order valence-electron chi connectivity index (χ0n) is 11.7. The summed E-state index contributed by atoms with van der Waals surface area (Å²) in [6.45, 7) is 1.79. The topological polar surface area (TPSA) is 63.9 Å². The van der Waals surface area contributed by atoms with Crippen LogP contribution in [0.3, 0.4) is 0 Å². The highest BCUT2D eigenvalue weighted by atomic mass is 16.4. The van der Waals surface area contributed by atoms with Gasteiger partial charge in [0.25, 0.3) is 0 Å². The smallest absolute Gasteiger partial charge is 0.108 e. The molecule has 1 fully saturated rings. The minimum absolute atomic E-state index is 0.455. The molecule has 1 unspecified atom stereocenters. The van der Waals surface area contributed by atoms with Crippen LogP contribution in [0, 0.1) is 5.92 Å². The Kier molecular flexibility index (Phi) is 4.08. The van der Waals surface area contributed by atoms with Crippen LogP contribution in [0.4, 0.5) is 0 Å². The first-order valence-corrected chi connectivity index (χ1v) is 7.47. The monoisotopic (exact) mass is 277 g/mol. The lowest BCUT2D eigenvalue weighted by atomic mass is 9.83. The number of aliphatic hydroxyl groups excluding tert-OH is 3. The van der Waals surface area contributed by atoms with Crippen LogP contribution in [0.2, 0.25) is 0 Å². The number of β-amino-alcohol motifs (C(OH)–C–C–N with tert-alkyl or cyclic N) is 2. The van der Waals surface area contributed by atoms with Gasteiger partial charge in [0, 0.05) is 19.6 Å². The maximum absolute atomic E-state index is 9.75. The van der Waals surface area contributed by atoms with Gasteiger partial charge in [-0.3, -0.25) is 4.90 Å². The van der Waals surface area contributed by atoms with Gasteiger partial charge < -0.3 is 15.3 Å². The Morgan fingerprint density at radius 1 is 1.00 bits per heavy atom. The number of nitrogens with zero attached hydrogens (tertiary/aromatic N) is 1. The molecule has 20 heavy (non-hydrogen) atoms. The molecule has 1 aliphatic heterocycles. The Morgan fingerprint density at radius 3 is 2.35 bits per heavy atom. The molecule has 3 rings (SSSR count). The largest absolute Gasteiger partial charge is 0.389 e.